The molecule has 1 aromatic carbocycles. The number of pyridine rings is 1. The molecule has 1 heterocycles. The minimum absolute atomic E-state index is 0.364. The number of benzene rings is 1. The number of nitrogens with one attached hydrogen (secondary N) is 1. The number of hydrogen-bond acceptors (Lipinski definition) is 3. The molecule has 0 fully saturated rings. The molecule has 19 heavy (non-hydrogen) atoms. The first-order valence-electron chi connectivity index (χ1n) is 5.79. The average Bonchev–Trinajstić information content (AvgIpc) is 2.35. The van der Waals surface area contributed by atoms with E-state index in [9.17, 15) is 9.18 Å². The van der Waals surface area contributed by atoms with Crippen molar-refractivity contribution < 1.29 is 9.18 Å². The van der Waals surface area contributed by atoms with E-state index >= 15 is 0 Å². The number of carbonyl (C=O) groups is 1. The molecular formula is C14H14FN3O. The molecule has 5 heteroatoms. The zero-order chi connectivity index (χ0) is 13.8. The van der Waals surface area contributed by atoms with E-state index in [0.29, 0.717) is 11.3 Å². The smallest absolute Gasteiger partial charge is 0.244 e. The van der Waals surface area contributed by atoms with Crippen LogP contribution in [0.4, 0.5) is 10.1 Å². The van der Waals surface area contributed by atoms with Gasteiger partial charge in [0.15, 0.2) is 0 Å². The molecule has 0 radical (unpaired) electrons. The lowest BCUT2D eigenvalue weighted by Gasteiger charge is -2.17. The Morgan fingerprint density at radius 3 is 2.79 bits per heavy atom. The number of nitrogens with two attached hydrogens (primary N) is 1. The molecule has 0 aliphatic carbocycles. The minimum Gasteiger partial charge on any atom is -0.370 e. The predicted octanol–water partition coefficient (Wildman–Crippen LogP) is 2.17. The molecule has 0 aliphatic heterocycles. The summed E-state index contributed by atoms with van der Waals surface area (Å²) in [5, 5.41) is 2.92. The number of anilines is 1. The van der Waals surface area contributed by atoms with Crippen LogP contribution >= 0.6 is 0 Å². The standard InChI is InChI=1S/C14H14FN3O/c1-9-5-11(15)7-12(6-9)18-13(14(16)19)10-3-2-4-17-8-10/h2-8,13,18H,1H3,(H2,16,19). The Kier molecular flexibility index (Phi) is 3.75. The van der Waals surface area contributed by atoms with Crippen LogP contribution in [0.15, 0.2) is 42.7 Å². The van der Waals surface area contributed by atoms with Crippen molar-refractivity contribution in [1.29, 1.82) is 0 Å². The highest BCUT2D eigenvalue weighted by molar-refractivity contribution is 5.84. The summed E-state index contributed by atoms with van der Waals surface area (Å²) >= 11 is 0. The number of primary amides is 1. The Balaban J connectivity index is 2.29. The van der Waals surface area contributed by atoms with Crippen molar-refractivity contribution in [3.05, 3.63) is 59.7 Å². The van der Waals surface area contributed by atoms with Gasteiger partial charge < -0.3 is 11.1 Å². The van der Waals surface area contributed by atoms with Gasteiger partial charge in [-0.05, 0) is 36.8 Å². The first-order valence-corrected chi connectivity index (χ1v) is 5.79. The van der Waals surface area contributed by atoms with Gasteiger partial charge in [0.05, 0.1) is 0 Å². The quantitative estimate of drug-likeness (QED) is 0.884. The first kappa shape index (κ1) is 13.0. The van der Waals surface area contributed by atoms with Crippen LogP contribution in [0.2, 0.25) is 0 Å². The molecule has 0 bridgehead atoms. The summed E-state index contributed by atoms with van der Waals surface area (Å²) in [4.78, 5) is 15.5. The lowest BCUT2D eigenvalue weighted by Crippen LogP contribution is -2.27. The fourth-order valence-electron chi connectivity index (χ4n) is 1.85. The van der Waals surface area contributed by atoms with Gasteiger partial charge in [0.25, 0.3) is 0 Å². The Morgan fingerprint density at radius 2 is 2.21 bits per heavy atom. The summed E-state index contributed by atoms with van der Waals surface area (Å²) in [6, 6.07) is 7.18. The van der Waals surface area contributed by atoms with Crippen molar-refractivity contribution >= 4 is 11.6 Å². The van der Waals surface area contributed by atoms with Crippen molar-refractivity contribution in [3.8, 4) is 0 Å². The van der Waals surface area contributed by atoms with Crippen LogP contribution in [0.3, 0.4) is 0 Å². The van der Waals surface area contributed by atoms with Crippen LogP contribution in [-0.2, 0) is 4.79 Å². The largest absolute Gasteiger partial charge is 0.370 e. The highest BCUT2D eigenvalue weighted by atomic mass is 19.1. The van der Waals surface area contributed by atoms with E-state index in [-0.39, 0.29) is 5.82 Å². The van der Waals surface area contributed by atoms with Gasteiger partial charge in [-0.1, -0.05) is 6.07 Å². The van der Waals surface area contributed by atoms with Crippen LogP contribution in [-0.4, -0.2) is 10.9 Å². The molecule has 4 nitrogen and oxygen atoms in total. The van der Waals surface area contributed by atoms with E-state index in [2.05, 4.69) is 10.3 Å². The van der Waals surface area contributed by atoms with Crippen LogP contribution in [0, 0.1) is 12.7 Å². The molecule has 0 saturated carbocycles. The van der Waals surface area contributed by atoms with Gasteiger partial charge in [0.2, 0.25) is 5.91 Å². The summed E-state index contributed by atoms with van der Waals surface area (Å²) < 4.78 is 13.3. The van der Waals surface area contributed by atoms with Gasteiger partial charge in [-0.25, -0.2) is 4.39 Å². The number of amides is 1. The second-order valence-electron chi connectivity index (χ2n) is 4.28. The van der Waals surface area contributed by atoms with Crippen molar-refractivity contribution in [3.63, 3.8) is 0 Å². The minimum atomic E-state index is -0.741. The maximum absolute atomic E-state index is 13.3. The predicted molar refractivity (Wildman–Crippen MR) is 70.9 cm³/mol. The number of nitrogens with zero attached hydrogens (tertiary/aromatic N) is 1. The molecule has 1 atom stereocenters. The summed E-state index contributed by atoms with van der Waals surface area (Å²) in [5.74, 6) is -0.910. The lowest BCUT2D eigenvalue weighted by molar-refractivity contribution is -0.118. The van der Waals surface area contributed by atoms with Gasteiger partial charge in [-0.2, -0.15) is 0 Å². The monoisotopic (exact) mass is 259 g/mol. The molecule has 0 aliphatic rings. The van der Waals surface area contributed by atoms with Crippen molar-refractivity contribution in [2.45, 2.75) is 13.0 Å². The van der Waals surface area contributed by atoms with Crippen LogP contribution in [0.5, 0.6) is 0 Å². The Bertz CT molecular complexity index is 566. The van der Waals surface area contributed by atoms with E-state index in [1.165, 1.54) is 12.1 Å². The second kappa shape index (κ2) is 5.48. The summed E-state index contributed by atoms with van der Waals surface area (Å²) in [7, 11) is 0. The van der Waals surface area contributed by atoms with Crippen molar-refractivity contribution in [1.82, 2.24) is 4.98 Å². The van der Waals surface area contributed by atoms with Gasteiger partial charge in [-0.3, -0.25) is 9.78 Å². The van der Waals surface area contributed by atoms with E-state index in [1.54, 1.807) is 37.5 Å². The van der Waals surface area contributed by atoms with E-state index in [1.807, 2.05) is 0 Å². The first-order chi connectivity index (χ1) is 9.06. The summed E-state index contributed by atoms with van der Waals surface area (Å²) in [6.45, 7) is 1.78. The summed E-state index contributed by atoms with van der Waals surface area (Å²) in [6.07, 6.45) is 3.16. The molecule has 98 valence electrons. The third-order valence-corrected chi connectivity index (χ3v) is 2.66. The van der Waals surface area contributed by atoms with Crippen LogP contribution in [0.25, 0.3) is 0 Å². The topological polar surface area (TPSA) is 68.0 Å². The van der Waals surface area contributed by atoms with Gasteiger partial charge in [-0.15, -0.1) is 0 Å². The Morgan fingerprint density at radius 1 is 1.42 bits per heavy atom. The molecule has 2 aromatic rings. The third-order valence-electron chi connectivity index (χ3n) is 2.66. The molecule has 0 spiro atoms. The molecule has 3 N–H and O–H groups in total. The van der Waals surface area contributed by atoms with Gasteiger partial charge >= 0.3 is 0 Å². The number of halogens is 1. The second-order valence-corrected chi connectivity index (χ2v) is 4.28. The zero-order valence-electron chi connectivity index (χ0n) is 10.4. The SMILES string of the molecule is Cc1cc(F)cc(NC(C(N)=O)c2cccnc2)c1. The number of aryl methyl sites for hydroxylation is 1. The fraction of sp³-hybridized carbons (Fsp3) is 0.143. The van der Waals surface area contributed by atoms with Crippen LogP contribution in [0.1, 0.15) is 17.2 Å². The molecule has 1 aromatic heterocycles. The fourth-order valence-corrected chi connectivity index (χ4v) is 1.85. The van der Waals surface area contributed by atoms with Gasteiger partial charge in [0.1, 0.15) is 11.9 Å². The molecule has 0 saturated heterocycles. The van der Waals surface area contributed by atoms with Crippen LogP contribution < -0.4 is 11.1 Å². The number of aromatic nitrogens is 1. The maximum Gasteiger partial charge on any atom is 0.244 e. The number of rotatable bonds is 4. The highest BCUT2D eigenvalue weighted by Crippen LogP contribution is 2.20. The number of hydrogen-bond donors (Lipinski definition) is 2. The number of carbonyl (C=O) groups excluding carboxylic acids is 1. The molecule has 1 amide bonds. The van der Waals surface area contributed by atoms with Crippen molar-refractivity contribution in [2.75, 3.05) is 5.32 Å². The normalized spacial score (nSPS) is 11.9. The molecule has 1 unspecified atom stereocenters. The Hall–Kier alpha value is -2.43. The molecular weight excluding hydrogens is 245 g/mol. The zero-order valence-corrected chi connectivity index (χ0v) is 10.4. The van der Waals surface area contributed by atoms with Crippen molar-refractivity contribution in [2.24, 2.45) is 5.73 Å². The highest BCUT2D eigenvalue weighted by Gasteiger charge is 2.17. The van der Waals surface area contributed by atoms with Gasteiger partial charge in [0, 0.05) is 23.6 Å². The maximum atomic E-state index is 13.3. The lowest BCUT2D eigenvalue weighted by atomic mass is 10.1. The average molecular weight is 259 g/mol. The Labute approximate surface area is 110 Å². The molecule has 2 rings (SSSR count). The van der Waals surface area contributed by atoms with E-state index in [4.69, 9.17) is 5.73 Å². The summed E-state index contributed by atoms with van der Waals surface area (Å²) in [5.41, 5.74) is 7.27. The van der Waals surface area contributed by atoms with E-state index in [0.717, 1.165) is 5.56 Å². The third kappa shape index (κ3) is 3.28. The van der Waals surface area contributed by atoms with E-state index < -0.39 is 11.9 Å².